The van der Waals surface area contributed by atoms with E-state index in [1.54, 1.807) is 18.7 Å². The third-order valence-electron chi connectivity index (χ3n) is 5.05. The lowest BCUT2D eigenvalue weighted by Gasteiger charge is -2.38. The second-order valence-electron chi connectivity index (χ2n) is 9.37. The Labute approximate surface area is 240 Å². The zero-order chi connectivity index (χ0) is 31.6. The average molecular weight is 617 g/mol. The Bertz CT molecular complexity index is 1440. The van der Waals surface area contributed by atoms with Crippen molar-refractivity contribution in [3.63, 3.8) is 0 Å². The summed E-state index contributed by atoms with van der Waals surface area (Å²) in [5.74, 6) is -0.197. The Kier molecular flexibility index (Phi) is 12.8. The lowest BCUT2D eigenvalue weighted by molar-refractivity contribution is 0.0954. The molecule has 0 saturated carbocycles. The van der Waals surface area contributed by atoms with Gasteiger partial charge < -0.3 is 21.9 Å². The van der Waals surface area contributed by atoms with Crippen LogP contribution in [0.1, 0.15) is 50.5 Å². The highest BCUT2D eigenvalue weighted by Gasteiger charge is 2.32. The minimum atomic E-state index is -4.79. The summed E-state index contributed by atoms with van der Waals surface area (Å²) < 4.78 is 61.5. The number of hydrogen-bond acceptors (Lipinski definition) is 11. The van der Waals surface area contributed by atoms with Crippen LogP contribution in [-0.4, -0.2) is 68.4 Å². The second kappa shape index (κ2) is 14.9. The first-order valence-corrected chi connectivity index (χ1v) is 15.3. The summed E-state index contributed by atoms with van der Waals surface area (Å²) in [6.45, 7) is 8.93. The van der Waals surface area contributed by atoms with Gasteiger partial charge in [-0.3, -0.25) is 14.2 Å². The maximum Gasteiger partial charge on any atom is 0.332 e. The molecule has 1 heterocycles. The number of aliphatic hydroxyl groups excluding tert-OH is 1. The summed E-state index contributed by atoms with van der Waals surface area (Å²) in [5.41, 5.74) is 13.1. The van der Waals surface area contributed by atoms with Crippen LogP contribution in [0.5, 0.6) is 0 Å². The molecule has 1 amide bonds. The van der Waals surface area contributed by atoms with Crippen molar-refractivity contribution >= 4 is 43.9 Å². The van der Waals surface area contributed by atoms with Crippen molar-refractivity contribution in [1.29, 1.82) is 0 Å². The first-order valence-electron chi connectivity index (χ1n) is 12.3. The first kappa shape index (κ1) is 35.4. The Morgan fingerprint density at radius 3 is 1.95 bits per heavy atom. The van der Waals surface area contributed by atoms with Crippen molar-refractivity contribution in [1.82, 2.24) is 5.32 Å². The topological polar surface area (TPSA) is 218 Å². The van der Waals surface area contributed by atoms with Crippen LogP contribution in [0.25, 0.3) is 0 Å². The lowest BCUT2D eigenvalue weighted by Crippen LogP contribution is -2.54. The van der Waals surface area contributed by atoms with E-state index in [1.807, 2.05) is 38.1 Å². The lowest BCUT2D eigenvalue weighted by atomic mass is 10.1. The quantitative estimate of drug-likeness (QED) is 0.224. The van der Waals surface area contributed by atoms with Crippen molar-refractivity contribution in [2.24, 2.45) is 21.5 Å². The fraction of sp³-hybridized carbons (Fsp3) is 0.400. The number of carbonyl (C=O) groups excluding carboxylic acids is 1. The van der Waals surface area contributed by atoms with Gasteiger partial charge in [-0.15, -0.1) is 3.89 Å². The molecular formula is C25H37FN6O7S2. The highest BCUT2D eigenvalue weighted by Crippen LogP contribution is 2.27. The van der Waals surface area contributed by atoms with Gasteiger partial charge in [0, 0.05) is 23.9 Å². The molecule has 13 nitrogen and oxygen atoms in total. The number of halogens is 1. The summed E-state index contributed by atoms with van der Waals surface area (Å²) in [6.07, 6.45) is 0.404. The number of carbonyl (C=O) groups is 1. The largest absolute Gasteiger partial charge is 0.394 e. The van der Waals surface area contributed by atoms with E-state index in [-0.39, 0.29) is 35.2 Å². The van der Waals surface area contributed by atoms with Crippen LogP contribution in [0.3, 0.4) is 0 Å². The van der Waals surface area contributed by atoms with Crippen molar-refractivity contribution in [2.45, 2.75) is 57.7 Å². The molecule has 228 valence electrons. The molecule has 7 N–H and O–H groups in total. The number of nitrogens with zero attached hydrogens (tertiary/aromatic N) is 3. The van der Waals surface area contributed by atoms with Crippen molar-refractivity contribution in [2.75, 3.05) is 17.2 Å². The molecule has 1 aliphatic heterocycles. The van der Waals surface area contributed by atoms with Gasteiger partial charge in [-0.05, 0) is 83.0 Å². The number of guanidine groups is 2. The van der Waals surface area contributed by atoms with Crippen LogP contribution >= 0.6 is 0 Å². The minimum absolute atomic E-state index is 0.132. The van der Waals surface area contributed by atoms with Gasteiger partial charge in [0.1, 0.15) is 5.66 Å². The van der Waals surface area contributed by atoms with Crippen LogP contribution in [0.15, 0.2) is 63.4 Å². The number of nitrogens with two attached hydrogens (primary N) is 2. The van der Waals surface area contributed by atoms with Gasteiger partial charge in [-0.25, -0.2) is 4.99 Å². The highest BCUT2D eigenvalue weighted by molar-refractivity contribution is 7.86. The number of anilines is 1. The number of benzene rings is 2. The first-order chi connectivity index (χ1) is 18.8. The number of hydrogen-bond donors (Lipinski definition) is 5. The van der Waals surface area contributed by atoms with E-state index in [2.05, 4.69) is 15.3 Å². The maximum atomic E-state index is 12.9. The molecule has 0 atom stereocenters. The summed E-state index contributed by atoms with van der Waals surface area (Å²) in [6, 6.07) is 12.2. The van der Waals surface area contributed by atoms with Crippen LogP contribution in [0, 0.1) is 0 Å². The smallest absolute Gasteiger partial charge is 0.332 e. The van der Waals surface area contributed by atoms with Gasteiger partial charge in [0.15, 0.2) is 0 Å². The molecule has 2 aromatic rings. The van der Waals surface area contributed by atoms with Crippen LogP contribution in [-0.2, 0) is 26.8 Å². The molecule has 0 bridgehead atoms. The normalized spacial score (nSPS) is 14.5. The van der Waals surface area contributed by atoms with Crippen molar-refractivity contribution in [3.05, 3.63) is 59.7 Å². The number of rotatable bonds is 7. The molecule has 3 rings (SSSR count). The average Bonchev–Trinajstić information content (AvgIpc) is 2.83. The fourth-order valence-corrected chi connectivity index (χ4v) is 3.72. The molecule has 0 fully saturated rings. The van der Waals surface area contributed by atoms with E-state index >= 15 is 0 Å². The van der Waals surface area contributed by atoms with Crippen LogP contribution in [0.2, 0.25) is 0 Å². The van der Waals surface area contributed by atoms with E-state index in [1.165, 1.54) is 19.1 Å². The van der Waals surface area contributed by atoms with Gasteiger partial charge in [0.2, 0.25) is 11.9 Å². The minimum Gasteiger partial charge on any atom is -0.394 e. The number of aliphatic hydroxyl groups is 1. The summed E-state index contributed by atoms with van der Waals surface area (Å²) in [4.78, 5) is 21.8. The van der Waals surface area contributed by atoms with Crippen LogP contribution in [0.4, 0.5) is 9.57 Å². The van der Waals surface area contributed by atoms with Gasteiger partial charge in [0.25, 0.3) is 16.0 Å². The van der Waals surface area contributed by atoms with E-state index in [0.29, 0.717) is 13.0 Å². The molecule has 0 aromatic heterocycles. The molecule has 0 unspecified atom stereocenters. The van der Waals surface area contributed by atoms with Gasteiger partial charge >= 0.3 is 10.2 Å². The Morgan fingerprint density at radius 2 is 1.54 bits per heavy atom. The number of aliphatic imine (C=N–C) groups is 2. The molecule has 1 aliphatic rings. The predicted octanol–water partition coefficient (Wildman–Crippen LogP) is 1.78. The van der Waals surface area contributed by atoms with E-state index in [4.69, 9.17) is 21.1 Å². The molecule has 41 heavy (non-hydrogen) atoms. The molecule has 0 spiro atoms. The summed E-state index contributed by atoms with van der Waals surface area (Å²) in [5, 5.41) is 10.8. The Morgan fingerprint density at radius 1 is 1.05 bits per heavy atom. The van der Waals surface area contributed by atoms with Gasteiger partial charge in [0.05, 0.1) is 10.6 Å². The van der Waals surface area contributed by atoms with E-state index in [9.17, 15) is 25.5 Å². The molecule has 16 heteroatoms. The molecular weight excluding hydrogens is 579 g/mol. The molecule has 0 aliphatic carbocycles. The van der Waals surface area contributed by atoms with Crippen LogP contribution < -0.4 is 21.7 Å². The molecule has 0 radical (unpaired) electrons. The zero-order valence-electron chi connectivity index (χ0n) is 23.4. The molecule has 2 aromatic carbocycles. The Balaban J connectivity index is 0.000000722. The number of amides is 1. The highest BCUT2D eigenvalue weighted by atomic mass is 32.3. The second-order valence-corrected chi connectivity index (χ2v) is 12.5. The molecule has 0 saturated heterocycles. The van der Waals surface area contributed by atoms with E-state index < -0.39 is 30.9 Å². The monoisotopic (exact) mass is 616 g/mol. The third-order valence-corrected chi connectivity index (χ3v) is 6.62. The SMILES string of the molecule is CC(C)O.CC1(C)N=C(N)N=C(N)N1c1ccc(CCNC(=O)c2ccc(S(=O)(=O)F)cc2)cc1.CCS(=O)(=O)O. The van der Waals surface area contributed by atoms with Crippen molar-refractivity contribution in [3.8, 4) is 0 Å². The predicted molar refractivity (Wildman–Crippen MR) is 156 cm³/mol. The number of nitrogens with one attached hydrogen (secondary N) is 1. The summed E-state index contributed by atoms with van der Waals surface area (Å²) in [7, 11) is -8.45. The maximum absolute atomic E-state index is 12.9. The Hall–Kier alpha value is -3.60. The zero-order valence-corrected chi connectivity index (χ0v) is 25.1. The van der Waals surface area contributed by atoms with Gasteiger partial charge in [-0.2, -0.15) is 21.8 Å². The standard InChI is InChI=1S/C20H23FN6O3S.C3H8O.C2H6O3S/c1-20(2)26-18(22)25-19(23)27(20)15-7-3-13(4-8-15)11-12-24-17(28)14-5-9-16(10-6-14)31(21,29)30;1-3(2)4;1-2-6(3,4)5/h3-10H,11-12H2,1-2H3,(H,24,28)(H4,22,23,25,26);3-4H,1-2H3;2H2,1H3,(H,3,4,5). The van der Waals surface area contributed by atoms with Crippen molar-refractivity contribution < 1.29 is 35.2 Å². The summed E-state index contributed by atoms with van der Waals surface area (Å²) >= 11 is 0. The fourth-order valence-electron chi connectivity index (χ4n) is 3.25. The van der Waals surface area contributed by atoms with E-state index in [0.717, 1.165) is 23.4 Å². The third kappa shape index (κ3) is 12.6. The van der Waals surface area contributed by atoms with Gasteiger partial charge in [-0.1, -0.05) is 12.1 Å².